The number of carbonyl (C=O) groups is 1. The van der Waals surface area contributed by atoms with E-state index in [4.69, 9.17) is 0 Å². The summed E-state index contributed by atoms with van der Waals surface area (Å²) in [6, 6.07) is 13.3. The highest BCUT2D eigenvalue weighted by Crippen LogP contribution is 2.29. The normalized spacial score (nSPS) is 16.5. The number of nitrogens with zero attached hydrogens (tertiary/aromatic N) is 3. The zero-order valence-corrected chi connectivity index (χ0v) is 18.9. The van der Waals surface area contributed by atoms with Crippen molar-refractivity contribution < 1.29 is 13.2 Å². The van der Waals surface area contributed by atoms with Gasteiger partial charge in [-0.05, 0) is 48.6 Å². The molecule has 3 aromatic rings. The molecule has 1 unspecified atom stereocenters. The summed E-state index contributed by atoms with van der Waals surface area (Å²) in [7, 11) is 1.38. The molecule has 0 bridgehead atoms. The van der Waals surface area contributed by atoms with Gasteiger partial charge in [-0.2, -0.15) is 0 Å². The van der Waals surface area contributed by atoms with Gasteiger partial charge in [0, 0.05) is 34.0 Å². The van der Waals surface area contributed by atoms with Crippen molar-refractivity contribution in [2.24, 2.45) is 7.05 Å². The lowest BCUT2D eigenvalue weighted by atomic mass is 9.87. The molecule has 1 aromatic heterocycles. The highest BCUT2D eigenvalue weighted by atomic mass is 32.2. The van der Waals surface area contributed by atoms with Crippen molar-refractivity contribution >= 4 is 27.0 Å². The van der Waals surface area contributed by atoms with Gasteiger partial charge in [0.05, 0.1) is 22.0 Å². The fourth-order valence-electron chi connectivity index (χ4n) is 4.22. The van der Waals surface area contributed by atoms with Crippen molar-refractivity contribution in [1.29, 1.82) is 0 Å². The lowest BCUT2D eigenvalue weighted by Gasteiger charge is -2.26. The van der Waals surface area contributed by atoms with Gasteiger partial charge >= 0.3 is 0 Å². The van der Waals surface area contributed by atoms with Crippen LogP contribution in [0.5, 0.6) is 0 Å². The number of fused-ring (bicyclic) bond motifs is 2. The Morgan fingerprint density at radius 3 is 2.77 bits per heavy atom. The Hall–Kier alpha value is -2.71. The quantitative estimate of drug-likeness (QED) is 0.639. The minimum Gasteiger partial charge on any atom is -0.349 e. The molecule has 0 spiro atoms. The molecule has 1 amide bonds. The summed E-state index contributed by atoms with van der Waals surface area (Å²) in [5.41, 5.74) is 3.99. The largest absolute Gasteiger partial charge is 0.349 e. The molecule has 1 heterocycles. The smallest absolute Gasteiger partial charge is 0.242 e. The molecule has 0 saturated carbocycles. The van der Waals surface area contributed by atoms with E-state index < -0.39 is 10.0 Å². The van der Waals surface area contributed by atoms with Gasteiger partial charge in [0.2, 0.25) is 15.9 Å². The van der Waals surface area contributed by atoms with Crippen molar-refractivity contribution in [1.82, 2.24) is 19.2 Å². The first-order chi connectivity index (χ1) is 14.8. The minimum absolute atomic E-state index is 0.00429. The second kappa shape index (κ2) is 8.43. The molecular weight excluding hydrogens is 412 g/mol. The molecule has 2 aromatic carbocycles. The number of imidazole rings is 1. The second-order valence-electron chi connectivity index (χ2n) is 8.24. The highest BCUT2D eigenvalue weighted by Gasteiger charge is 2.22. The van der Waals surface area contributed by atoms with Crippen LogP contribution in [0.15, 0.2) is 47.4 Å². The van der Waals surface area contributed by atoms with Gasteiger partial charge in [-0.1, -0.05) is 24.3 Å². The van der Waals surface area contributed by atoms with Crippen LogP contribution in [0, 0.1) is 0 Å². The van der Waals surface area contributed by atoms with E-state index >= 15 is 0 Å². The van der Waals surface area contributed by atoms with Crippen LogP contribution in [-0.2, 0) is 34.7 Å². The van der Waals surface area contributed by atoms with E-state index in [0.717, 1.165) is 30.6 Å². The summed E-state index contributed by atoms with van der Waals surface area (Å²) in [6.07, 6.45) is 3.91. The predicted octanol–water partition coefficient (Wildman–Crippen LogP) is 2.95. The standard InChI is InChI=1S/C23H28N4O3S/c1-26(2)31(29,30)17-11-12-21-20(15-17)24-22(27(21)3)13-14-23(28)25-19-10-6-8-16-7-4-5-9-18(16)19/h4-5,7,9,11-12,15,19H,6,8,10,13-14H2,1-3H3,(H,25,28). The molecule has 31 heavy (non-hydrogen) atoms. The Kier molecular flexibility index (Phi) is 5.85. The third kappa shape index (κ3) is 4.22. The van der Waals surface area contributed by atoms with E-state index in [2.05, 4.69) is 22.4 Å². The Balaban J connectivity index is 1.47. The molecule has 0 fully saturated rings. The zero-order valence-electron chi connectivity index (χ0n) is 18.1. The molecule has 0 saturated heterocycles. The first-order valence-corrected chi connectivity index (χ1v) is 12.0. The fraction of sp³-hybridized carbons (Fsp3) is 0.391. The maximum Gasteiger partial charge on any atom is 0.242 e. The molecule has 1 aliphatic rings. The Labute approximate surface area is 183 Å². The maximum absolute atomic E-state index is 12.6. The van der Waals surface area contributed by atoms with Gasteiger partial charge in [-0.15, -0.1) is 0 Å². The van der Waals surface area contributed by atoms with Crippen LogP contribution in [0.4, 0.5) is 0 Å². The molecule has 1 aliphatic carbocycles. The number of rotatable bonds is 6. The van der Waals surface area contributed by atoms with Crippen molar-refractivity contribution in [3.05, 3.63) is 59.4 Å². The van der Waals surface area contributed by atoms with Crippen LogP contribution in [-0.4, -0.2) is 42.3 Å². The summed E-state index contributed by atoms with van der Waals surface area (Å²) >= 11 is 0. The number of aryl methyl sites for hydroxylation is 3. The van der Waals surface area contributed by atoms with E-state index in [-0.39, 0.29) is 16.8 Å². The SMILES string of the molecule is CN(C)S(=O)(=O)c1ccc2c(c1)nc(CCC(=O)NC1CCCc3ccccc31)n2C. The second-order valence-corrected chi connectivity index (χ2v) is 10.4. The number of aromatic nitrogens is 2. The van der Waals surface area contributed by atoms with E-state index in [0.29, 0.717) is 18.4 Å². The number of hydrogen-bond acceptors (Lipinski definition) is 4. The van der Waals surface area contributed by atoms with Gasteiger partial charge in [-0.25, -0.2) is 17.7 Å². The molecule has 1 N–H and O–H groups in total. The molecule has 7 nitrogen and oxygen atoms in total. The lowest BCUT2D eigenvalue weighted by molar-refractivity contribution is -0.121. The van der Waals surface area contributed by atoms with Crippen molar-refractivity contribution in [3.8, 4) is 0 Å². The van der Waals surface area contributed by atoms with E-state index in [1.165, 1.54) is 29.5 Å². The van der Waals surface area contributed by atoms with Crippen LogP contribution in [0.3, 0.4) is 0 Å². The van der Waals surface area contributed by atoms with Crippen LogP contribution >= 0.6 is 0 Å². The monoisotopic (exact) mass is 440 g/mol. The molecule has 0 radical (unpaired) electrons. The van der Waals surface area contributed by atoms with E-state index in [9.17, 15) is 13.2 Å². The van der Waals surface area contributed by atoms with Gasteiger partial charge in [-0.3, -0.25) is 4.79 Å². The number of benzene rings is 2. The average Bonchev–Trinajstić information content (AvgIpc) is 3.07. The fourth-order valence-corrected chi connectivity index (χ4v) is 5.14. The number of hydrogen-bond donors (Lipinski definition) is 1. The third-order valence-corrected chi connectivity index (χ3v) is 7.81. The lowest BCUT2D eigenvalue weighted by Crippen LogP contribution is -2.31. The van der Waals surface area contributed by atoms with E-state index in [1.54, 1.807) is 18.2 Å². The Bertz CT molecular complexity index is 1230. The molecule has 4 rings (SSSR count). The zero-order chi connectivity index (χ0) is 22.2. The summed E-state index contributed by atoms with van der Waals surface area (Å²) in [5, 5.41) is 3.18. The molecule has 164 valence electrons. The first-order valence-electron chi connectivity index (χ1n) is 10.5. The van der Waals surface area contributed by atoms with Crippen LogP contribution < -0.4 is 5.32 Å². The summed E-state index contributed by atoms with van der Waals surface area (Å²) < 4.78 is 27.9. The predicted molar refractivity (Wildman–Crippen MR) is 120 cm³/mol. The Morgan fingerprint density at radius 2 is 2.00 bits per heavy atom. The molecule has 0 aliphatic heterocycles. The number of carbonyl (C=O) groups excluding carboxylic acids is 1. The number of sulfonamides is 1. The van der Waals surface area contributed by atoms with Crippen LogP contribution in [0.2, 0.25) is 0 Å². The first kappa shape index (κ1) is 21.5. The maximum atomic E-state index is 12.6. The highest BCUT2D eigenvalue weighted by molar-refractivity contribution is 7.89. The number of amides is 1. The summed E-state index contributed by atoms with van der Waals surface area (Å²) in [6.45, 7) is 0. The van der Waals surface area contributed by atoms with Crippen molar-refractivity contribution in [2.45, 2.75) is 43.0 Å². The van der Waals surface area contributed by atoms with E-state index in [1.807, 2.05) is 23.7 Å². The minimum atomic E-state index is -3.52. The summed E-state index contributed by atoms with van der Waals surface area (Å²) in [5.74, 6) is 0.762. The molecule has 1 atom stereocenters. The number of nitrogens with one attached hydrogen (secondary N) is 1. The Morgan fingerprint density at radius 1 is 1.23 bits per heavy atom. The molecular formula is C23H28N4O3S. The topological polar surface area (TPSA) is 84.3 Å². The third-order valence-electron chi connectivity index (χ3n) is 6.00. The van der Waals surface area contributed by atoms with Crippen molar-refractivity contribution in [2.75, 3.05) is 14.1 Å². The molecule has 8 heteroatoms. The van der Waals surface area contributed by atoms with Gasteiger partial charge < -0.3 is 9.88 Å². The van der Waals surface area contributed by atoms with Gasteiger partial charge in [0.25, 0.3) is 0 Å². The summed E-state index contributed by atoms with van der Waals surface area (Å²) in [4.78, 5) is 17.5. The van der Waals surface area contributed by atoms with Crippen LogP contribution in [0.1, 0.15) is 42.3 Å². The van der Waals surface area contributed by atoms with Gasteiger partial charge in [0.1, 0.15) is 5.82 Å². The van der Waals surface area contributed by atoms with Gasteiger partial charge in [0.15, 0.2) is 0 Å². The van der Waals surface area contributed by atoms with Crippen LogP contribution in [0.25, 0.3) is 11.0 Å². The van der Waals surface area contributed by atoms with Crippen molar-refractivity contribution in [3.63, 3.8) is 0 Å². The average molecular weight is 441 g/mol.